The van der Waals surface area contributed by atoms with Crippen LogP contribution in [0.1, 0.15) is 19.3 Å². The molecule has 8 nitrogen and oxygen atoms in total. The Labute approximate surface area is 167 Å². The third-order valence-corrected chi connectivity index (χ3v) is 6.54. The van der Waals surface area contributed by atoms with Crippen molar-refractivity contribution >= 4 is 29.1 Å². The average Bonchev–Trinajstić information content (AvgIpc) is 3.08. The molecule has 148 valence electrons. The molecular formula is C19H22N4O4S. The van der Waals surface area contributed by atoms with Crippen LogP contribution in [-0.4, -0.2) is 54.3 Å². The third kappa shape index (κ3) is 3.03. The van der Waals surface area contributed by atoms with Gasteiger partial charge in [-0.15, -0.1) is 4.37 Å². The molecule has 2 bridgehead atoms. The lowest BCUT2D eigenvalue weighted by Gasteiger charge is -2.67. The van der Waals surface area contributed by atoms with Crippen molar-refractivity contribution in [3.8, 4) is 10.9 Å². The number of rotatable bonds is 6. The monoisotopic (exact) mass is 402 g/mol. The van der Waals surface area contributed by atoms with Gasteiger partial charge >= 0.3 is 0 Å². The highest BCUT2D eigenvalue weighted by Gasteiger charge is 2.72. The number of hydrogen-bond donors (Lipinski definition) is 1. The zero-order valence-electron chi connectivity index (χ0n) is 15.6. The number of amides is 1. The summed E-state index contributed by atoms with van der Waals surface area (Å²) in [5.74, 6) is 0.962. The van der Waals surface area contributed by atoms with Crippen molar-refractivity contribution in [3.63, 3.8) is 0 Å². The van der Waals surface area contributed by atoms with Crippen LogP contribution in [-0.2, 0) is 14.3 Å². The first-order valence-electron chi connectivity index (χ1n) is 9.41. The van der Waals surface area contributed by atoms with Gasteiger partial charge in [0.25, 0.3) is 5.19 Å². The van der Waals surface area contributed by atoms with Crippen LogP contribution in [0.15, 0.2) is 24.3 Å². The van der Waals surface area contributed by atoms with E-state index in [-0.39, 0.29) is 16.9 Å². The van der Waals surface area contributed by atoms with E-state index in [0.29, 0.717) is 16.9 Å². The van der Waals surface area contributed by atoms with Crippen LogP contribution in [0.2, 0.25) is 0 Å². The molecule has 3 aliphatic carbocycles. The van der Waals surface area contributed by atoms with E-state index >= 15 is 0 Å². The van der Waals surface area contributed by atoms with Crippen molar-refractivity contribution in [2.45, 2.75) is 24.9 Å². The number of morpholine rings is 1. The van der Waals surface area contributed by atoms with Gasteiger partial charge in [0.1, 0.15) is 5.75 Å². The van der Waals surface area contributed by atoms with Crippen molar-refractivity contribution in [2.24, 2.45) is 5.41 Å². The van der Waals surface area contributed by atoms with E-state index < -0.39 is 0 Å². The average molecular weight is 402 g/mol. The van der Waals surface area contributed by atoms with E-state index in [1.54, 1.807) is 7.11 Å². The Morgan fingerprint density at radius 3 is 2.61 bits per heavy atom. The molecule has 4 aliphatic rings. The van der Waals surface area contributed by atoms with Gasteiger partial charge in [-0.25, -0.2) is 0 Å². The van der Waals surface area contributed by atoms with Crippen LogP contribution in [0.3, 0.4) is 0 Å². The number of nitrogens with zero attached hydrogens (tertiary/aromatic N) is 3. The first kappa shape index (κ1) is 17.8. The standard InChI is InChI=1S/C19H22N4O4S/c1-25-19-10-18(11-19,12-19)15(24)20-16-21-17(28-22-16)27-14-4-2-13(3-5-14)23-6-8-26-9-7-23/h2-5H,6-12H2,1H3,(H,20,22,24). The fourth-order valence-electron chi connectivity index (χ4n) is 4.34. The second-order valence-electron chi connectivity index (χ2n) is 7.73. The van der Waals surface area contributed by atoms with Gasteiger partial charge in [0, 0.05) is 37.4 Å². The summed E-state index contributed by atoms with van der Waals surface area (Å²) >= 11 is 1.12. The molecule has 1 amide bonds. The van der Waals surface area contributed by atoms with Crippen molar-refractivity contribution in [1.82, 2.24) is 9.36 Å². The zero-order valence-corrected chi connectivity index (χ0v) is 16.5. The maximum atomic E-state index is 12.5. The quantitative estimate of drug-likeness (QED) is 0.795. The number of hydrogen-bond acceptors (Lipinski definition) is 8. The van der Waals surface area contributed by atoms with E-state index in [2.05, 4.69) is 19.6 Å². The fraction of sp³-hybridized carbons (Fsp3) is 0.526. The molecule has 1 aliphatic heterocycles. The smallest absolute Gasteiger partial charge is 0.300 e. The molecule has 2 aromatic rings. The summed E-state index contributed by atoms with van der Waals surface area (Å²) in [6, 6.07) is 7.88. The fourth-order valence-corrected chi connectivity index (χ4v) is 4.85. The highest BCUT2D eigenvalue weighted by molar-refractivity contribution is 7.07. The summed E-state index contributed by atoms with van der Waals surface area (Å²) in [5, 5.41) is 3.22. The Kier molecular flexibility index (Phi) is 4.26. The molecule has 4 fully saturated rings. The number of benzene rings is 1. The van der Waals surface area contributed by atoms with E-state index in [1.807, 2.05) is 24.3 Å². The first-order valence-corrected chi connectivity index (χ1v) is 10.2. The zero-order chi connectivity index (χ0) is 19.2. The summed E-state index contributed by atoms with van der Waals surface area (Å²) in [7, 11) is 1.71. The molecule has 0 atom stereocenters. The van der Waals surface area contributed by atoms with Gasteiger partial charge in [-0.2, -0.15) is 4.98 Å². The lowest BCUT2D eigenvalue weighted by molar-refractivity contribution is -0.260. The predicted octanol–water partition coefficient (Wildman–Crippen LogP) is 2.67. The molecule has 0 radical (unpaired) electrons. The van der Waals surface area contributed by atoms with Gasteiger partial charge in [0.15, 0.2) is 0 Å². The lowest BCUT2D eigenvalue weighted by Crippen LogP contribution is -2.72. The van der Waals surface area contributed by atoms with E-state index in [1.165, 1.54) is 0 Å². The Bertz CT molecular complexity index is 859. The van der Waals surface area contributed by atoms with Gasteiger partial charge < -0.3 is 19.1 Å². The van der Waals surface area contributed by atoms with Gasteiger partial charge in [0.05, 0.1) is 24.2 Å². The molecule has 0 spiro atoms. The lowest BCUT2D eigenvalue weighted by atomic mass is 9.41. The number of methoxy groups -OCH3 is 1. The first-order chi connectivity index (χ1) is 13.6. The minimum Gasteiger partial charge on any atom is -0.430 e. The van der Waals surface area contributed by atoms with Crippen LogP contribution in [0.5, 0.6) is 10.9 Å². The molecule has 2 heterocycles. The van der Waals surface area contributed by atoms with Gasteiger partial charge in [0.2, 0.25) is 11.9 Å². The number of nitrogens with one attached hydrogen (secondary N) is 1. The largest absolute Gasteiger partial charge is 0.430 e. The molecule has 6 rings (SSSR count). The van der Waals surface area contributed by atoms with Crippen molar-refractivity contribution < 1.29 is 19.0 Å². The van der Waals surface area contributed by atoms with Crippen LogP contribution < -0.4 is 15.0 Å². The molecule has 1 aromatic carbocycles. The SMILES string of the molecule is COC12CC(C(=O)Nc3nsc(Oc4ccc(N5CCOCC5)cc4)n3)(C1)C2. The highest BCUT2D eigenvalue weighted by Crippen LogP contribution is 2.69. The molecule has 1 N–H and O–H groups in total. The topological polar surface area (TPSA) is 85.8 Å². The number of ether oxygens (including phenoxy) is 3. The molecule has 1 aromatic heterocycles. The highest BCUT2D eigenvalue weighted by atomic mass is 32.1. The summed E-state index contributed by atoms with van der Waals surface area (Å²) in [4.78, 5) is 19.0. The van der Waals surface area contributed by atoms with Crippen LogP contribution in [0, 0.1) is 5.41 Å². The Morgan fingerprint density at radius 2 is 1.93 bits per heavy atom. The maximum Gasteiger partial charge on any atom is 0.300 e. The predicted molar refractivity (Wildman–Crippen MR) is 104 cm³/mol. The Morgan fingerprint density at radius 1 is 1.21 bits per heavy atom. The Hall–Kier alpha value is -2.23. The third-order valence-electron chi connectivity index (χ3n) is 5.95. The van der Waals surface area contributed by atoms with Gasteiger partial charge in [-0.3, -0.25) is 10.1 Å². The van der Waals surface area contributed by atoms with Crippen molar-refractivity contribution in [2.75, 3.05) is 43.6 Å². The second-order valence-corrected chi connectivity index (χ2v) is 8.45. The molecule has 9 heteroatoms. The van der Waals surface area contributed by atoms with Crippen LogP contribution in [0.25, 0.3) is 0 Å². The van der Waals surface area contributed by atoms with Crippen molar-refractivity contribution in [3.05, 3.63) is 24.3 Å². The summed E-state index contributed by atoms with van der Waals surface area (Å²) in [6.45, 7) is 3.30. The normalized spacial score (nSPS) is 28.2. The van der Waals surface area contributed by atoms with Gasteiger partial charge in [-0.1, -0.05) is 0 Å². The summed E-state index contributed by atoms with van der Waals surface area (Å²) in [6.07, 6.45) is 2.35. The molecule has 0 unspecified atom stereocenters. The van der Waals surface area contributed by atoms with Crippen LogP contribution >= 0.6 is 11.5 Å². The number of carbonyl (C=O) groups is 1. The van der Waals surface area contributed by atoms with Gasteiger partial charge in [-0.05, 0) is 43.5 Å². The maximum absolute atomic E-state index is 12.5. The molecule has 1 saturated heterocycles. The van der Waals surface area contributed by atoms with E-state index in [4.69, 9.17) is 14.2 Å². The minimum absolute atomic E-state index is 0.0226. The van der Waals surface area contributed by atoms with Crippen LogP contribution in [0.4, 0.5) is 11.6 Å². The number of anilines is 2. The minimum atomic E-state index is -0.294. The van der Waals surface area contributed by atoms with E-state index in [0.717, 1.165) is 62.8 Å². The molecule has 3 saturated carbocycles. The van der Waals surface area contributed by atoms with E-state index in [9.17, 15) is 4.79 Å². The van der Waals surface area contributed by atoms with Crippen molar-refractivity contribution in [1.29, 1.82) is 0 Å². The molecule has 28 heavy (non-hydrogen) atoms. The summed E-state index contributed by atoms with van der Waals surface area (Å²) < 4.78 is 20.8. The second kappa shape index (κ2) is 6.68. The number of aromatic nitrogens is 2. The number of carbonyl (C=O) groups excluding carboxylic acids is 1. The molecular weight excluding hydrogens is 380 g/mol. The summed E-state index contributed by atoms with van der Waals surface area (Å²) in [5.41, 5.74) is 0.792. The Balaban J connectivity index is 1.17.